The Bertz CT molecular complexity index is 198. The van der Waals surface area contributed by atoms with Crippen LogP contribution in [-0.2, 0) is 5.75 Å². The smallest absolute Gasteiger partial charge is 0.0289 e. The van der Waals surface area contributed by atoms with Crippen molar-refractivity contribution < 1.29 is 0 Å². The van der Waals surface area contributed by atoms with Gasteiger partial charge in [-0.3, -0.25) is 0 Å². The van der Waals surface area contributed by atoms with E-state index in [2.05, 4.69) is 15.9 Å². The van der Waals surface area contributed by atoms with E-state index >= 15 is 0 Å². The molecule has 0 aromatic heterocycles. The summed E-state index contributed by atoms with van der Waals surface area (Å²) in [6.45, 7) is 0. The third-order valence-corrected chi connectivity index (χ3v) is 1.88. The van der Waals surface area contributed by atoms with Crippen LogP contribution in [0.5, 0.6) is 0 Å². The molecule has 1 aromatic rings. The van der Waals surface area contributed by atoms with E-state index in [1.54, 1.807) is 0 Å². The lowest BCUT2D eigenvalue weighted by molar-refractivity contribution is 1.41. The van der Waals surface area contributed by atoms with Gasteiger partial charge in [-0.25, -0.2) is 0 Å². The minimum Gasteiger partial charge on any atom is -0.0890 e. The van der Waals surface area contributed by atoms with Crippen LogP contribution in [-0.4, -0.2) is 0 Å². The Hall–Kier alpha value is 0.0500. The molecule has 0 aliphatic heterocycles. The largest absolute Gasteiger partial charge is 0.0890 e. The van der Waals surface area contributed by atoms with E-state index in [1.165, 1.54) is 5.56 Å². The summed E-state index contributed by atoms with van der Waals surface area (Å²) >= 11 is 8.21. The lowest BCUT2D eigenvalue weighted by atomic mass is 10.2. The molecule has 0 fully saturated rings. The normalized spacial score (nSPS) is 9.56. The number of halogens is 1. The second kappa shape index (κ2) is 3.28. The van der Waals surface area contributed by atoms with E-state index in [-0.39, 0.29) is 0 Å². The fourth-order valence-corrected chi connectivity index (χ4v) is 1.25. The molecular formula is C7H6BrS. The minimum atomic E-state index is 0.694. The van der Waals surface area contributed by atoms with Crippen LogP contribution in [0.2, 0.25) is 0 Å². The van der Waals surface area contributed by atoms with Crippen LogP contribution in [0.4, 0.5) is 0 Å². The van der Waals surface area contributed by atoms with Crippen molar-refractivity contribution in [3.8, 4) is 0 Å². The van der Waals surface area contributed by atoms with Crippen LogP contribution in [0.25, 0.3) is 0 Å². The predicted octanol–water partition coefficient (Wildman–Crippen LogP) is 3.15. The molecule has 9 heavy (non-hydrogen) atoms. The Morgan fingerprint density at radius 2 is 2.22 bits per heavy atom. The zero-order chi connectivity index (χ0) is 6.69. The Morgan fingerprint density at radius 1 is 1.44 bits per heavy atom. The standard InChI is InChI=1S/C7H6BrS/c8-7-3-1-2-6(4-7)5-9/h1-4H,5H2. The summed E-state index contributed by atoms with van der Waals surface area (Å²) in [6.07, 6.45) is 0. The maximum atomic E-state index is 4.86. The van der Waals surface area contributed by atoms with E-state index in [9.17, 15) is 0 Å². The van der Waals surface area contributed by atoms with Gasteiger partial charge in [0, 0.05) is 10.2 Å². The van der Waals surface area contributed by atoms with Gasteiger partial charge in [0.05, 0.1) is 0 Å². The number of benzene rings is 1. The van der Waals surface area contributed by atoms with E-state index in [4.69, 9.17) is 12.6 Å². The van der Waals surface area contributed by atoms with Crippen molar-refractivity contribution in [2.45, 2.75) is 5.75 Å². The second-order valence-electron chi connectivity index (χ2n) is 1.77. The van der Waals surface area contributed by atoms with Crippen molar-refractivity contribution in [3.05, 3.63) is 34.3 Å². The highest BCUT2D eigenvalue weighted by Crippen LogP contribution is 2.12. The maximum Gasteiger partial charge on any atom is 0.0289 e. The van der Waals surface area contributed by atoms with Crippen molar-refractivity contribution in [2.75, 3.05) is 0 Å². The summed E-state index contributed by atoms with van der Waals surface area (Å²) in [7, 11) is 0. The molecule has 0 aliphatic carbocycles. The summed E-state index contributed by atoms with van der Waals surface area (Å²) < 4.78 is 1.10. The molecule has 0 unspecified atom stereocenters. The fraction of sp³-hybridized carbons (Fsp3) is 0.143. The second-order valence-corrected chi connectivity index (χ2v) is 2.98. The average Bonchev–Trinajstić information content (AvgIpc) is 1.88. The first-order valence-electron chi connectivity index (χ1n) is 2.65. The van der Waals surface area contributed by atoms with Gasteiger partial charge in [0.25, 0.3) is 0 Å². The van der Waals surface area contributed by atoms with Crippen molar-refractivity contribution in [1.82, 2.24) is 0 Å². The molecule has 0 N–H and O–H groups in total. The molecule has 0 nitrogen and oxygen atoms in total. The average molecular weight is 202 g/mol. The molecule has 0 heterocycles. The summed E-state index contributed by atoms with van der Waals surface area (Å²) in [6, 6.07) is 8.05. The van der Waals surface area contributed by atoms with Gasteiger partial charge in [-0.15, -0.1) is 0 Å². The van der Waals surface area contributed by atoms with E-state index in [0.29, 0.717) is 5.75 Å². The molecule has 0 bridgehead atoms. The Morgan fingerprint density at radius 3 is 2.67 bits per heavy atom. The molecule has 0 saturated carbocycles. The van der Waals surface area contributed by atoms with E-state index in [0.717, 1.165) is 4.47 Å². The first-order valence-corrected chi connectivity index (χ1v) is 4.02. The Labute approximate surface area is 68.8 Å². The van der Waals surface area contributed by atoms with E-state index in [1.807, 2.05) is 24.3 Å². The van der Waals surface area contributed by atoms with Crippen LogP contribution < -0.4 is 0 Å². The quantitative estimate of drug-likeness (QED) is 0.656. The monoisotopic (exact) mass is 201 g/mol. The first-order chi connectivity index (χ1) is 4.33. The summed E-state index contributed by atoms with van der Waals surface area (Å²) in [5, 5.41) is 0. The Balaban J connectivity index is 2.94. The zero-order valence-corrected chi connectivity index (χ0v) is 7.21. The van der Waals surface area contributed by atoms with Gasteiger partial charge in [-0.2, -0.15) is 0 Å². The molecule has 1 radical (unpaired) electrons. The first kappa shape index (κ1) is 7.16. The molecule has 1 rings (SSSR count). The number of hydrogen-bond acceptors (Lipinski definition) is 0. The minimum absolute atomic E-state index is 0.694. The molecule has 47 valence electrons. The lowest BCUT2D eigenvalue weighted by Gasteiger charge is -1.93. The van der Waals surface area contributed by atoms with Crippen molar-refractivity contribution >= 4 is 28.6 Å². The fourth-order valence-electron chi connectivity index (χ4n) is 0.627. The predicted molar refractivity (Wildman–Crippen MR) is 45.4 cm³/mol. The SMILES string of the molecule is [S]Cc1cccc(Br)c1. The third-order valence-electron chi connectivity index (χ3n) is 1.06. The van der Waals surface area contributed by atoms with Gasteiger partial charge >= 0.3 is 0 Å². The van der Waals surface area contributed by atoms with Crippen LogP contribution in [0.1, 0.15) is 5.56 Å². The van der Waals surface area contributed by atoms with Crippen LogP contribution in [0, 0.1) is 0 Å². The van der Waals surface area contributed by atoms with Crippen molar-refractivity contribution in [1.29, 1.82) is 0 Å². The highest BCUT2D eigenvalue weighted by Gasteiger charge is 1.88. The van der Waals surface area contributed by atoms with Crippen LogP contribution >= 0.6 is 28.6 Å². The highest BCUT2D eigenvalue weighted by atomic mass is 79.9. The maximum absolute atomic E-state index is 4.86. The van der Waals surface area contributed by atoms with Crippen LogP contribution in [0.3, 0.4) is 0 Å². The molecule has 0 spiro atoms. The van der Waals surface area contributed by atoms with E-state index < -0.39 is 0 Å². The molecular weight excluding hydrogens is 196 g/mol. The van der Waals surface area contributed by atoms with Crippen LogP contribution in [0.15, 0.2) is 28.7 Å². The van der Waals surface area contributed by atoms with Crippen molar-refractivity contribution in [2.24, 2.45) is 0 Å². The lowest BCUT2D eigenvalue weighted by Crippen LogP contribution is -1.74. The van der Waals surface area contributed by atoms with Crippen molar-refractivity contribution in [3.63, 3.8) is 0 Å². The molecule has 0 amide bonds. The molecule has 2 heteroatoms. The van der Waals surface area contributed by atoms with Gasteiger partial charge in [0.2, 0.25) is 0 Å². The summed E-state index contributed by atoms with van der Waals surface area (Å²) in [5.74, 6) is 0.694. The van der Waals surface area contributed by atoms with Gasteiger partial charge < -0.3 is 0 Å². The third kappa shape index (κ3) is 2.03. The van der Waals surface area contributed by atoms with Gasteiger partial charge in [0.15, 0.2) is 0 Å². The van der Waals surface area contributed by atoms with Gasteiger partial charge in [0.1, 0.15) is 0 Å². The topological polar surface area (TPSA) is 0 Å². The highest BCUT2D eigenvalue weighted by molar-refractivity contribution is 9.10. The Kier molecular flexibility index (Phi) is 2.61. The van der Waals surface area contributed by atoms with Gasteiger partial charge in [-0.1, -0.05) is 40.7 Å². The van der Waals surface area contributed by atoms with Gasteiger partial charge in [-0.05, 0) is 17.7 Å². The summed E-state index contributed by atoms with van der Waals surface area (Å²) in [4.78, 5) is 0. The molecule has 0 saturated heterocycles. The molecule has 1 aromatic carbocycles. The molecule has 0 aliphatic rings. The number of hydrogen-bond donors (Lipinski definition) is 0. The zero-order valence-electron chi connectivity index (χ0n) is 4.80. The summed E-state index contributed by atoms with van der Waals surface area (Å²) in [5.41, 5.74) is 1.19. The number of rotatable bonds is 1. The molecule has 0 atom stereocenters.